The number of hydrogen-bond acceptors (Lipinski definition) is 4. The fraction of sp³-hybridized carbons (Fsp3) is 0.478. The van der Waals surface area contributed by atoms with Crippen LogP contribution in [0.15, 0.2) is 42.7 Å². The molecule has 5 nitrogen and oxygen atoms in total. The summed E-state index contributed by atoms with van der Waals surface area (Å²) in [4.78, 5) is 18.9. The van der Waals surface area contributed by atoms with Crippen molar-refractivity contribution in [3.8, 4) is 11.5 Å². The third-order valence-electron chi connectivity index (χ3n) is 5.73. The van der Waals surface area contributed by atoms with E-state index in [0.29, 0.717) is 11.7 Å². The van der Waals surface area contributed by atoms with Crippen LogP contribution >= 0.6 is 0 Å². The predicted octanol–water partition coefficient (Wildman–Crippen LogP) is 3.93. The van der Waals surface area contributed by atoms with Crippen LogP contribution in [0.2, 0.25) is 0 Å². The molecule has 3 heterocycles. The van der Waals surface area contributed by atoms with Gasteiger partial charge >= 0.3 is 0 Å². The summed E-state index contributed by atoms with van der Waals surface area (Å²) in [6.45, 7) is 8.27. The monoisotopic (exact) mass is 380 g/mol. The maximum atomic E-state index is 12.9. The highest BCUT2D eigenvalue weighted by Gasteiger charge is 2.33. The number of likely N-dealkylation sites (tertiary alicyclic amines) is 1. The summed E-state index contributed by atoms with van der Waals surface area (Å²) < 4.78 is 11.9. The van der Waals surface area contributed by atoms with Gasteiger partial charge in [0.15, 0.2) is 11.5 Å². The van der Waals surface area contributed by atoms with Crippen molar-refractivity contribution in [1.82, 2.24) is 9.88 Å². The van der Waals surface area contributed by atoms with Gasteiger partial charge in [0.1, 0.15) is 6.61 Å². The van der Waals surface area contributed by atoms with Gasteiger partial charge in [0.25, 0.3) is 5.91 Å². The normalized spacial score (nSPS) is 20.1. The van der Waals surface area contributed by atoms with Gasteiger partial charge in [-0.2, -0.15) is 0 Å². The minimum absolute atomic E-state index is 0.0266. The molecule has 1 aromatic heterocycles. The summed E-state index contributed by atoms with van der Waals surface area (Å²) in [6, 6.07) is 10.1. The van der Waals surface area contributed by atoms with Crippen molar-refractivity contribution in [3.05, 3.63) is 53.9 Å². The van der Waals surface area contributed by atoms with Crippen LogP contribution in [-0.2, 0) is 10.2 Å². The number of carbonyl (C=O) groups excluding carboxylic acids is 1. The molecule has 148 valence electrons. The summed E-state index contributed by atoms with van der Waals surface area (Å²) in [5.74, 6) is 1.91. The molecule has 0 unspecified atom stereocenters. The molecule has 2 aliphatic rings. The number of piperidine rings is 1. The minimum Gasteiger partial charge on any atom is -0.485 e. The minimum atomic E-state index is -0.564. The number of fused-ring (bicyclic) bond motifs is 1. The molecule has 4 rings (SSSR count). The largest absolute Gasteiger partial charge is 0.485 e. The van der Waals surface area contributed by atoms with E-state index in [1.165, 1.54) is 11.1 Å². The molecular weight excluding hydrogens is 352 g/mol. The van der Waals surface area contributed by atoms with Crippen molar-refractivity contribution < 1.29 is 14.3 Å². The van der Waals surface area contributed by atoms with Gasteiger partial charge in [-0.1, -0.05) is 26.8 Å². The lowest BCUT2D eigenvalue weighted by molar-refractivity contribution is -0.142. The zero-order valence-corrected chi connectivity index (χ0v) is 16.9. The first-order valence-electron chi connectivity index (χ1n) is 10.0. The number of aromatic nitrogens is 1. The Kier molecular flexibility index (Phi) is 5.00. The molecule has 1 aromatic carbocycles. The number of amides is 1. The van der Waals surface area contributed by atoms with E-state index in [-0.39, 0.29) is 17.9 Å². The van der Waals surface area contributed by atoms with Gasteiger partial charge < -0.3 is 14.4 Å². The van der Waals surface area contributed by atoms with Crippen LogP contribution in [0.5, 0.6) is 11.5 Å². The van der Waals surface area contributed by atoms with E-state index in [2.05, 4.69) is 44.0 Å². The molecule has 0 spiro atoms. The lowest BCUT2D eigenvalue weighted by atomic mass is 9.87. The van der Waals surface area contributed by atoms with Crippen molar-refractivity contribution >= 4 is 5.91 Å². The summed E-state index contributed by atoms with van der Waals surface area (Å²) in [5.41, 5.74) is 2.55. The van der Waals surface area contributed by atoms with Crippen LogP contribution in [0.3, 0.4) is 0 Å². The number of benzene rings is 1. The van der Waals surface area contributed by atoms with Crippen LogP contribution in [0, 0.1) is 0 Å². The van der Waals surface area contributed by atoms with Crippen molar-refractivity contribution in [2.24, 2.45) is 0 Å². The fourth-order valence-corrected chi connectivity index (χ4v) is 3.93. The van der Waals surface area contributed by atoms with E-state index in [1.54, 1.807) is 0 Å². The third kappa shape index (κ3) is 3.84. The van der Waals surface area contributed by atoms with E-state index in [1.807, 2.05) is 29.4 Å². The fourth-order valence-electron chi connectivity index (χ4n) is 3.93. The van der Waals surface area contributed by atoms with Gasteiger partial charge in [-0.15, -0.1) is 0 Å². The van der Waals surface area contributed by atoms with Gasteiger partial charge in [0.2, 0.25) is 6.10 Å². The van der Waals surface area contributed by atoms with Crippen molar-refractivity contribution in [2.45, 2.75) is 51.0 Å². The Morgan fingerprint density at radius 1 is 1.07 bits per heavy atom. The zero-order chi connectivity index (χ0) is 19.7. The van der Waals surface area contributed by atoms with Crippen molar-refractivity contribution in [2.75, 3.05) is 19.7 Å². The molecule has 1 amide bonds. The number of pyridine rings is 1. The molecular formula is C23H28N2O3. The Hall–Kier alpha value is -2.56. The Morgan fingerprint density at radius 2 is 1.79 bits per heavy atom. The lowest BCUT2D eigenvalue weighted by Gasteiger charge is -2.35. The van der Waals surface area contributed by atoms with Crippen LogP contribution in [0.4, 0.5) is 0 Å². The number of hydrogen-bond donors (Lipinski definition) is 0. The number of carbonyl (C=O) groups is 1. The highest BCUT2D eigenvalue weighted by Crippen LogP contribution is 2.36. The van der Waals surface area contributed by atoms with E-state index in [9.17, 15) is 4.79 Å². The molecule has 0 bridgehead atoms. The molecule has 0 radical (unpaired) electrons. The Balaban J connectivity index is 1.38. The molecule has 2 aromatic rings. The first-order valence-corrected chi connectivity index (χ1v) is 10.0. The SMILES string of the molecule is CC(C)(C)c1ccc2c(c1)OC[C@@H](C(=O)N1CCC(c3ccncc3)CC1)O2. The number of ether oxygens (including phenoxy) is 2. The Morgan fingerprint density at radius 3 is 2.46 bits per heavy atom. The predicted molar refractivity (Wildman–Crippen MR) is 108 cm³/mol. The summed E-state index contributed by atoms with van der Waals surface area (Å²) in [5, 5.41) is 0. The van der Waals surface area contributed by atoms with Crippen molar-refractivity contribution in [3.63, 3.8) is 0 Å². The molecule has 1 atom stereocenters. The van der Waals surface area contributed by atoms with Gasteiger partial charge in [-0.05, 0) is 59.6 Å². The first kappa shape index (κ1) is 18.8. The second kappa shape index (κ2) is 7.46. The summed E-state index contributed by atoms with van der Waals surface area (Å²) in [7, 11) is 0. The standard InChI is InChI=1S/C23H28N2O3/c1-23(2,3)18-4-5-19-20(14-18)27-15-21(28-19)22(26)25-12-8-17(9-13-25)16-6-10-24-11-7-16/h4-7,10-11,14,17,21H,8-9,12-13,15H2,1-3H3/t21-/m0/s1. The average molecular weight is 380 g/mol. The molecule has 1 saturated heterocycles. The highest BCUT2D eigenvalue weighted by atomic mass is 16.6. The average Bonchev–Trinajstić information content (AvgIpc) is 2.72. The highest BCUT2D eigenvalue weighted by molar-refractivity contribution is 5.82. The van der Waals surface area contributed by atoms with Gasteiger partial charge in [-0.25, -0.2) is 0 Å². The number of rotatable bonds is 2. The molecule has 5 heteroatoms. The molecule has 2 aliphatic heterocycles. The topological polar surface area (TPSA) is 51.7 Å². The second-order valence-corrected chi connectivity index (χ2v) is 8.71. The lowest BCUT2D eigenvalue weighted by Crippen LogP contribution is -2.48. The van der Waals surface area contributed by atoms with Gasteiger partial charge in [0.05, 0.1) is 0 Å². The van der Waals surface area contributed by atoms with Gasteiger partial charge in [-0.3, -0.25) is 9.78 Å². The maximum absolute atomic E-state index is 12.9. The maximum Gasteiger partial charge on any atom is 0.267 e. The van der Waals surface area contributed by atoms with Crippen molar-refractivity contribution in [1.29, 1.82) is 0 Å². The first-order chi connectivity index (χ1) is 13.4. The van der Waals surface area contributed by atoms with Crippen LogP contribution < -0.4 is 9.47 Å². The van der Waals surface area contributed by atoms with E-state index in [4.69, 9.17) is 9.47 Å². The molecule has 0 aliphatic carbocycles. The van der Waals surface area contributed by atoms with Crippen LogP contribution in [-0.4, -0.2) is 41.6 Å². The van der Waals surface area contributed by atoms with E-state index < -0.39 is 6.10 Å². The zero-order valence-electron chi connectivity index (χ0n) is 16.9. The Bertz CT molecular complexity index is 837. The third-order valence-corrected chi connectivity index (χ3v) is 5.73. The van der Waals surface area contributed by atoms with Crippen LogP contribution in [0.25, 0.3) is 0 Å². The number of nitrogens with zero attached hydrogens (tertiary/aromatic N) is 2. The second-order valence-electron chi connectivity index (χ2n) is 8.71. The van der Waals surface area contributed by atoms with E-state index in [0.717, 1.165) is 31.7 Å². The molecule has 1 fully saturated rings. The molecule has 28 heavy (non-hydrogen) atoms. The Labute approximate surface area is 166 Å². The summed E-state index contributed by atoms with van der Waals surface area (Å²) in [6.07, 6.45) is 5.04. The molecule has 0 N–H and O–H groups in total. The van der Waals surface area contributed by atoms with Crippen LogP contribution in [0.1, 0.15) is 50.7 Å². The smallest absolute Gasteiger partial charge is 0.267 e. The van der Waals surface area contributed by atoms with E-state index >= 15 is 0 Å². The molecule has 0 saturated carbocycles. The van der Waals surface area contributed by atoms with Gasteiger partial charge in [0, 0.05) is 25.5 Å². The summed E-state index contributed by atoms with van der Waals surface area (Å²) >= 11 is 0. The quantitative estimate of drug-likeness (QED) is 0.792.